The Labute approximate surface area is 125 Å². The van der Waals surface area contributed by atoms with Gasteiger partial charge in [0.2, 0.25) is 0 Å². The number of β-amino-alcohol motifs (C(OH)–C–C–N with tert-alkyl or cyclic N) is 1. The van der Waals surface area contributed by atoms with Crippen LogP contribution in [0.15, 0.2) is 6.33 Å². The van der Waals surface area contributed by atoms with Crippen LogP contribution in [-0.2, 0) is 6.42 Å². The molecule has 1 N–H and O–H groups in total. The van der Waals surface area contributed by atoms with Gasteiger partial charge >= 0.3 is 0 Å². The molecule has 5 nitrogen and oxygen atoms in total. The summed E-state index contributed by atoms with van der Waals surface area (Å²) in [6, 6.07) is 0.265. The van der Waals surface area contributed by atoms with Gasteiger partial charge in [0.25, 0.3) is 0 Å². The Kier molecular flexibility index (Phi) is 5.18. The molecule has 112 valence electrons. The Morgan fingerprint density at radius 1 is 1.45 bits per heavy atom. The van der Waals surface area contributed by atoms with Crippen LogP contribution in [0.4, 0.5) is 5.82 Å². The first-order chi connectivity index (χ1) is 9.52. The second kappa shape index (κ2) is 6.70. The van der Waals surface area contributed by atoms with Gasteiger partial charge in [-0.2, -0.15) is 0 Å². The van der Waals surface area contributed by atoms with Gasteiger partial charge in [0, 0.05) is 24.7 Å². The van der Waals surface area contributed by atoms with Gasteiger partial charge in [0.15, 0.2) is 0 Å². The molecule has 1 aromatic heterocycles. The molecule has 20 heavy (non-hydrogen) atoms. The molecule has 2 atom stereocenters. The summed E-state index contributed by atoms with van der Waals surface area (Å²) in [7, 11) is 4.09. The van der Waals surface area contributed by atoms with E-state index < -0.39 is 0 Å². The Hall–Kier alpha value is -0.910. The van der Waals surface area contributed by atoms with Crippen molar-refractivity contribution < 1.29 is 5.11 Å². The van der Waals surface area contributed by atoms with E-state index in [2.05, 4.69) is 26.7 Å². The summed E-state index contributed by atoms with van der Waals surface area (Å²) in [5, 5.41) is 10.5. The van der Waals surface area contributed by atoms with Crippen LogP contribution in [0.3, 0.4) is 0 Å². The third kappa shape index (κ3) is 3.40. The molecule has 0 spiro atoms. The van der Waals surface area contributed by atoms with E-state index in [1.54, 1.807) is 0 Å². The highest BCUT2D eigenvalue weighted by atomic mass is 35.5. The van der Waals surface area contributed by atoms with E-state index in [1.165, 1.54) is 6.33 Å². The van der Waals surface area contributed by atoms with Crippen molar-refractivity contribution >= 4 is 17.4 Å². The summed E-state index contributed by atoms with van der Waals surface area (Å²) >= 11 is 6.23. The van der Waals surface area contributed by atoms with Crippen LogP contribution >= 0.6 is 11.6 Å². The lowest BCUT2D eigenvalue weighted by Gasteiger charge is -2.29. The van der Waals surface area contributed by atoms with Crippen molar-refractivity contribution in [3.05, 3.63) is 17.0 Å². The van der Waals surface area contributed by atoms with Crippen molar-refractivity contribution in [3.63, 3.8) is 0 Å². The van der Waals surface area contributed by atoms with Crippen LogP contribution in [0, 0.1) is 0 Å². The number of halogens is 1. The first-order valence-electron chi connectivity index (χ1n) is 7.11. The monoisotopic (exact) mass is 298 g/mol. The zero-order valence-corrected chi connectivity index (χ0v) is 13.1. The fourth-order valence-corrected chi connectivity index (χ4v) is 3.06. The fraction of sp³-hybridized carbons (Fsp3) is 0.714. The lowest BCUT2D eigenvalue weighted by molar-refractivity contribution is 0.191. The second-order valence-electron chi connectivity index (χ2n) is 5.67. The highest BCUT2D eigenvalue weighted by Crippen LogP contribution is 2.30. The molecule has 1 aliphatic heterocycles. The number of hydrogen-bond donors (Lipinski definition) is 1. The lowest BCUT2D eigenvalue weighted by atomic mass is 10.1. The molecule has 1 aliphatic rings. The maximum Gasteiger partial charge on any atom is 0.137 e. The zero-order chi connectivity index (χ0) is 14.7. The predicted molar refractivity (Wildman–Crippen MR) is 81.3 cm³/mol. The standard InChI is InChI=1S/C14H23ClN4O/c1-4-5-12-13(15)16-9-17-14(12)19-8-11(20)6-10(19)7-18(2)3/h9-11,20H,4-8H2,1-3H3. The number of rotatable bonds is 5. The quantitative estimate of drug-likeness (QED) is 0.837. The van der Waals surface area contributed by atoms with Crippen LogP contribution in [-0.4, -0.2) is 59.3 Å². The highest BCUT2D eigenvalue weighted by molar-refractivity contribution is 6.30. The molecule has 0 amide bonds. The Bertz CT molecular complexity index is 455. The lowest BCUT2D eigenvalue weighted by Crippen LogP contribution is -2.38. The van der Waals surface area contributed by atoms with Crippen LogP contribution in [0.5, 0.6) is 0 Å². The molecule has 1 saturated heterocycles. The van der Waals surface area contributed by atoms with Gasteiger partial charge in [0.05, 0.1) is 6.10 Å². The van der Waals surface area contributed by atoms with Crippen molar-refractivity contribution in [2.75, 3.05) is 32.1 Å². The molecule has 1 fully saturated rings. The SMILES string of the molecule is CCCc1c(Cl)ncnc1N1CC(O)CC1CN(C)C. The van der Waals surface area contributed by atoms with Gasteiger partial charge in [-0.3, -0.25) is 0 Å². The van der Waals surface area contributed by atoms with Gasteiger partial charge < -0.3 is 14.9 Å². The summed E-state index contributed by atoms with van der Waals surface area (Å²) in [5.41, 5.74) is 0.995. The molecule has 0 aliphatic carbocycles. The molecule has 1 aromatic rings. The smallest absolute Gasteiger partial charge is 0.137 e. The number of hydrogen-bond acceptors (Lipinski definition) is 5. The largest absolute Gasteiger partial charge is 0.391 e. The molecule has 2 heterocycles. The average Bonchev–Trinajstić information content (AvgIpc) is 2.72. The van der Waals surface area contributed by atoms with E-state index in [0.717, 1.165) is 37.2 Å². The van der Waals surface area contributed by atoms with E-state index in [9.17, 15) is 5.11 Å². The van der Waals surface area contributed by atoms with Crippen LogP contribution in [0.25, 0.3) is 0 Å². The minimum Gasteiger partial charge on any atom is -0.391 e. The predicted octanol–water partition coefficient (Wildman–Crippen LogP) is 1.58. The maximum atomic E-state index is 10.00. The molecular formula is C14H23ClN4O. The summed E-state index contributed by atoms with van der Waals surface area (Å²) < 4.78 is 0. The highest BCUT2D eigenvalue weighted by Gasteiger charge is 2.33. The number of anilines is 1. The molecule has 0 aromatic carbocycles. The zero-order valence-electron chi connectivity index (χ0n) is 12.4. The van der Waals surface area contributed by atoms with Gasteiger partial charge in [-0.1, -0.05) is 24.9 Å². The fourth-order valence-electron chi connectivity index (χ4n) is 2.84. The van der Waals surface area contributed by atoms with Crippen LogP contribution in [0.2, 0.25) is 5.15 Å². The van der Waals surface area contributed by atoms with Gasteiger partial charge in [-0.05, 0) is 26.9 Å². The summed E-state index contributed by atoms with van der Waals surface area (Å²) in [5.74, 6) is 0.884. The molecule has 6 heteroatoms. The summed E-state index contributed by atoms with van der Waals surface area (Å²) in [4.78, 5) is 12.8. The number of likely N-dealkylation sites (N-methyl/N-ethyl adjacent to an activating group) is 1. The maximum absolute atomic E-state index is 10.00. The van der Waals surface area contributed by atoms with E-state index in [0.29, 0.717) is 11.7 Å². The van der Waals surface area contributed by atoms with Crippen molar-refractivity contribution in [1.29, 1.82) is 0 Å². The van der Waals surface area contributed by atoms with Crippen LogP contribution < -0.4 is 4.90 Å². The van der Waals surface area contributed by atoms with Crippen LogP contribution in [0.1, 0.15) is 25.3 Å². The first-order valence-corrected chi connectivity index (χ1v) is 7.49. The number of aliphatic hydroxyl groups excluding tert-OH is 1. The minimum atomic E-state index is -0.303. The van der Waals surface area contributed by atoms with Crippen molar-refractivity contribution in [1.82, 2.24) is 14.9 Å². The summed E-state index contributed by atoms with van der Waals surface area (Å²) in [6.45, 7) is 3.62. The molecular weight excluding hydrogens is 276 g/mol. The Morgan fingerprint density at radius 3 is 2.85 bits per heavy atom. The topological polar surface area (TPSA) is 52.5 Å². The second-order valence-corrected chi connectivity index (χ2v) is 6.03. The molecule has 0 radical (unpaired) electrons. The molecule has 2 rings (SSSR count). The Morgan fingerprint density at radius 2 is 2.20 bits per heavy atom. The van der Waals surface area contributed by atoms with Gasteiger partial charge in [-0.15, -0.1) is 0 Å². The number of aromatic nitrogens is 2. The summed E-state index contributed by atoms with van der Waals surface area (Å²) in [6.07, 6.45) is 3.83. The van der Waals surface area contributed by atoms with E-state index in [1.807, 2.05) is 14.1 Å². The minimum absolute atomic E-state index is 0.265. The van der Waals surface area contributed by atoms with E-state index in [4.69, 9.17) is 11.6 Å². The average molecular weight is 299 g/mol. The van der Waals surface area contributed by atoms with Crippen molar-refractivity contribution in [2.24, 2.45) is 0 Å². The van der Waals surface area contributed by atoms with Gasteiger partial charge in [-0.25, -0.2) is 9.97 Å². The number of aliphatic hydroxyl groups is 1. The van der Waals surface area contributed by atoms with E-state index >= 15 is 0 Å². The first kappa shape index (κ1) is 15.5. The third-order valence-electron chi connectivity index (χ3n) is 3.61. The third-order valence-corrected chi connectivity index (χ3v) is 3.94. The Balaban J connectivity index is 2.31. The molecule has 2 unspecified atom stereocenters. The van der Waals surface area contributed by atoms with Crippen molar-refractivity contribution in [3.8, 4) is 0 Å². The van der Waals surface area contributed by atoms with E-state index in [-0.39, 0.29) is 12.1 Å². The van der Waals surface area contributed by atoms with Gasteiger partial charge in [0.1, 0.15) is 17.3 Å². The normalized spacial score (nSPS) is 22.8. The number of nitrogens with zero attached hydrogens (tertiary/aromatic N) is 4. The molecule has 0 saturated carbocycles. The van der Waals surface area contributed by atoms with Crippen molar-refractivity contribution in [2.45, 2.75) is 38.3 Å². The molecule has 0 bridgehead atoms.